The highest BCUT2D eigenvalue weighted by Crippen LogP contribution is 2.26. The van der Waals surface area contributed by atoms with Crippen LogP contribution in [0, 0.1) is 0 Å². The Morgan fingerprint density at radius 2 is 1.63 bits per heavy atom. The number of sulfonamides is 1. The Morgan fingerprint density at radius 1 is 0.947 bits per heavy atom. The lowest BCUT2D eigenvalue weighted by atomic mass is 9.99. The highest BCUT2D eigenvalue weighted by Gasteiger charge is 2.43. The van der Waals surface area contributed by atoms with Crippen LogP contribution < -0.4 is 4.72 Å². The summed E-state index contributed by atoms with van der Waals surface area (Å²) in [6, 6.07) is 7.66. The molecular formula is C27H33ClN4O5S. The molecule has 9 nitrogen and oxygen atoms in total. The summed E-state index contributed by atoms with van der Waals surface area (Å²) >= 11 is 6.02. The van der Waals surface area contributed by atoms with E-state index in [9.17, 15) is 22.8 Å². The lowest BCUT2D eigenvalue weighted by molar-refractivity contribution is -0.152. The molecule has 3 fully saturated rings. The van der Waals surface area contributed by atoms with Crippen LogP contribution in [0.25, 0.3) is 10.8 Å². The monoisotopic (exact) mass is 560 g/mol. The average molecular weight is 561 g/mol. The Bertz CT molecular complexity index is 1360. The molecule has 5 rings (SSSR count). The first-order valence-corrected chi connectivity index (χ1v) is 15.1. The Morgan fingerprint density at radius 3 is 2.39 bits per heavy atom. The smallest absolute Gasteiger partial charge is 0.245 e. The molecule has 0 saturated carbocycles. The lowest BCUT2D eigenvalue weighted by Crippen LogP contribution is -2.57. The Kier molecular flexibility index (Phi) is 7.66. The van der Waals surface area contributed by atoms with Gasteiger partial charge < -0.3 is 14.7 Å². The van der Waals surface area contributed by atoms with Crippen molar-refractivity contribution >= 4 is 50.1 Å². The molecule has 1 N–H and O–H groups in total. The number of carbonyl (C=O) groups is 3. The van der Waals surface area contributed by atoms with Gasteiger partial charge in [-0.1, -0.05) is 23.7 Å². The number of hydrogen-bond donors (Lipinski definition) is 1. The predicted molar refractivity (Wildman–Crippen MR) is 144 cm³/mol. The van der Waals surface area contributed by atoms with Crippen LogP contribution in [0.2, 0.25) is 5.02 Å². The molecule has 2 aromatic rings. The summed E-state index contributed by atoms with van der Waals surface area (Å²) in [6.45, 7) is 3.86. The van der Waals surface area contributed by atoms with Crippen molar-refractivity contribution in [3.8, 4) is 0 Å². The molecule has 0 spiro atoms. The number of fused-ring (bicyclic) bond motifs is 1. The van der Waals surface area contributed by atoms with Crippen molar-refractivity contribution in [3.63, 3.8) is 0 Å². The van der Waals surface area contributed by atoms with E-state index < -0.39 is 34.1 Å². The predicted octanol–water partition coefficient (Wildman–Crippen LogP) is 2.76. The molecule has 38 heavy (non-hydrogen) atoms. The number of nitrogens with zero attached hydrogens (tertiary/aromatic N) is 3. The van der Waals surface area contributed by atoms with Crippen molar-refractivity contribution in [2.24, 2.45) is 0 Å². The Hall–Kier alpha value is -2.69. The normalized spacial score (nSPS) is 23.3. The highest BCUT2D eigenvalue weighted by molar-refractivity contribution is 7.89. The van der Waals surface area contributed by atoms with Crippen molar-refractivity contribution in [2.45, 2.75) is 68.5 Å². The molecule has 0 aromatic heterocycles. The summed E-state index contributed by atoms with van der Waals surface area (Å²) in [5.41, 5.74) is 0. The quantitative estimate of drug-likeness (QED) is 0.584. The molecule has 3 heterocycles. The summed E-state index contributed by atoms with van der Waals surface area (Å²) in [7, 11) is -3.97. The Balaban J connectivity index is 1.26. The lowest BCUT2D eigenvalue weighted by Gasteiger charge is -2.39. The number of carbonyl (C=O) groups excluding carboxylic acids is 3. The van der Waals surface area contributed by atoms with E-state index in [1.165, 1.54) is 11.0 Å². The molecule has 1 unspecified atom stereocenters. The van der Waals surface area contributed by atoms with Crippen molar-refractivity contribution in [2.75, 3.05) is 26.2 Å². The van der Waals surface area contributed by atoms with Gasteiger partial charge in [-0.3, -0.25) is 14.4 Å². The fraction of sp³-hybridized carbons (Fsp3) is 0.519. The van der Waals surface area contributed by atoms with E-state index >= 15 is 0 Å². The van der Waals surface area contributed by atoms with Crippen molar-refractivity contribution in [1.82, 2.24) is 19.4 Å². The van der Waals surface area contributed by atoms with Crippen LogP contribution >= 0.6 is 11.6 Å². The van der Waals surface area contributed by atoms with Crippen LogP contribution in [-0.4, -0.2) is 85.1 Å². The van der Waals surface area contributed by atoms with E-state index in [1.807, 2.05) is 4.90 Å². The number of halogens is 1. The number of nitrogens with one attached hydrogen (secondary N) is 1. The summed E-state index contributed by atoms with van der Waals surface area (Å²) < 4.78 is 28.8. The molecule has 3 aliphatic heterocycles. The van der Waals surface area contributed by atoms with E-state index in [4.69, 9.17) is 11.6 Å². The first-order chi connectivity index (χ1) is 18.2. The molecule has 204 valence electrons. The van der Waals surface area contributed by atoms with E-state index in [-0.39, 0.29) is 29.7 Å². The molecule has 11 heteroatoms. The zero-order chi connectivity index (χ0) is 27.0. The van der Waals surface area contributed by atoms with Crippen LogP contribution in [0.1, 0.15) is 45.4 Å². The highest BCUT2D eigenvalue weighted by atomic mass is 35.5. The third-order valence-corrected chi connectivity index (χ3v) is 9.64. The number of piperidine rings is 1. The van der Waals surface area contributed by atoms with E-state index in [1.54, 1.807) is 42.2 Å². The SMILES string of the molecule is C[C@@H](C(=O)N1CCCCC1C(=O)N1CCCC1)N1CC[C@H](NS(=O)(=O)c2ccc3cc(Cl)ccc3c2)C1=O. The van der Waals surface area contributed by atoms with Crippen LogP contribution in [0.5, 0.6) is 0 Å². The van der Waals surface area contributed by atoms with Gasteiger partial charge in [-0.2, -0.15) is 4.72 Å². The minimum Gasteiger partial charge on any atom is -0.341 e. The van der Waals surface area contributed by atoms with Gasteiger partial charge in [0.05, 0.1) is 4.90 Å². The molecule has 0 bridgehead atoms. The maximum atomic E-state index is 13.5. The van der Waals surface area contributed by atoms with Gasteiger partial charge in [0.25, 0.3) is 0 Å². The van der Waals surface area contributed by atoms with Crippen molar-refractivity contribution in [1.29, 1.82) is 0 Å². The Labute approximate surface area is 228 Å². The summed E-state index contributed by atoms with van der Waals surface area (Å²) in [6.07, 6.45) is 4.55. The third-order valence-electron chi connectivity index (χ3n) is 7.93. The zero-order valence-corrected chi connectivity index (χ0v) is 23.0. The number of amides is 3. The van der Waals surface area contributed by atoms with Gasteiger partial charge >= 0.3 is 0 Å². The molecule has 3 aliphatic rings. The van der Waals surface area contributed by atoms with E-state index in [0.717, 1.165) is 49.5 Å². The van der Waals surface area contributed by atoms with Crippen LogP contribution in [-0.2, 0) is 24.4 Å². The molecule has 3 atom stereocenters. The molecule has 3 saturated heterocycles. The first kappa shape index (κ1) is 26.9. The van der Waals surface area contributed by atoms with Crippen LogP contribution in [0.4, 0.5) is 0 Å². The third kappa shape index (κ3) is 5.26. The zero-order valence-electron chi connectivity index (χ0n) is 21.4. The minimum absolute atomic E-state index is 0.00112. The number of benzene rings is 2. The number of rotatable bonds is 6. The maximum Gasteiger partial charge on any atom is 0.245 e. The van der Waals surface area contributed by atoms with Gasteiger partial charge in [-0.25, -0.2) is 8.42 Å². The van der Waals surface area contributed by atoms with E-state index in [0.29, 0.717) is 18.0 Å². The average Bonchev–Trinajstić information content (AvgIpc) is 3.57. The van der Waals surface area contributed by atoms with Gasteiger partial charge in [0, 0.05) is 31.2 Å². The standard InChI is InChI=1S/C27H33ClN4O5S/c1-18(25(33)32-14-3-2-6-24(32)27(35)30-12-4-5-13-30)31-15-11-23(26(31)34)29-38(36,37)22-10-8-19-16-21(28)9-7-20(19)17-22/h7-10,16-18,23-24,29H,2-6,11-15H2,1H3/t18-,23-,24?/m0/s1. The van der Waals surface area contributed by atoms with Gasteiger partial charge in [-0.15, -0.1) is 0 Å². The van der Waals surface area contributed by atoms with Gasteiger partial charge in [0.1, 0.15) is 18.1 Å². The van der Waals surface area contributed by atoms with Gasteiger partial charge in [-0.05, 0) is 80.5 Å². The fourth-order valence-corrected chi connectivity index (χ4v) is 7.23. The largest absolute Gasteiger partial charge is 0.341 e. The molecule has 0 aliphatic carbocycles. The summed E-state index contributed by atoms with van der Waals surface area (Å²) in [5.74, 6) is -0.687. The number of likely N-dealkylation sites (tertiary alicyclic amines) is 3. The number of hydrogen-bond acceptors (Lipinski definition) is 5. The van der Waals surface area contributed by atoms with Crippen LogP contribution in [0.15, 0.2) is 41.3 Å². The molecule has 0 radical (unpaired) electrons. The van der Waals surface area contributed by atoms with Crippen molar-refractivity contribution in [3.05, 3.63) is 41.4 Å². The van der Waals surface area contributed by atoms with Gasteiger partial charge in [0.2, 0.25) is 27.7 Å². The first-order valence-electron chi connectivity index (χ1n) is 13.3. The second-order valence-electron chi connectivity index (χ2n) is 10.4. The topological polar surface area (TPSA) is 107 Å². The summed E-state index contributed by atoms with van der Waals surface area (Å²) in [5, 5.41) is 2.09. The molecule has 2 aromatic carbocycles. The second-order valence-corrected chi connectivity index (χ2v) is 12.5. The molecule has 3 amide bonds. The minimum atomic E-state index is -3.97. The molecular weight excluding hydrogens is 528 g/mol. The van der Waals surface area contributed by atoms with E-state index in [2.05, 4.69) is 4.72 Å². The maximum absolute atomic E-state index is 13.5. The van der Waals surface area contributed by atoms with Crippen LogP contribution in [0.3, 0.4) is 0 Å². The summed E-state index contributed by atoms with van der Waals surface area (Å²) in [4.78, 5) is 44.9. The van der Waals surface area contributed by atoms with Crippen molar-refractivity contribution < 1.29 is 22.8 Å². The fourth-order valence-electron chi connectivity index (χ4n) is 5.79. The van der Waals surface area contributed by atoms with Gasteiger partial charge in [0.15, 0.2) is 0 Å². The second kappa shape index (κ2) is 10.8.